The Morgan fingerprint density at radius 3 is 1.52 bits per heavy atom. The molecule has 0 aromatic carbocycles. The van der Waals surface area contributed by atoms with Crippen molar-refractivity contribution in [1.82, 2.24) is 0 Å². The highest BCUT2D eigenvalue weighted by atomic mass is 16.7. The molecular formula is C19H34O14. The Morgan fingerprint density at radius 2 is 1.03 bits per heavy atom. The van der Waals surface area contributed by atoms with E-state index in [1.807, 2.05) is 0 Å². The summed E-state index contributed by atoms with van der Waals surface area (Å²) in [5, 5.41) is 81.6. The highest BCUT2D eigenvalue weighted by molar-refractivity contribution is 4.95. The number of methoxy groups -OCH3 is 1. The van der Waals surface area contributed by atoms with Gasteiger partial charge in [-0.15, -0.1) is 0 Å². The van der Waals surface area contributed by atoms with E-state index in [9.17, 15) is 40.9 Å². The third-order valence-corrected chi connectivity index (χ3v) is 6.23. The second kappa shape index (κ2) is 11.0. The van der Waals surface area contributed by atoms with Crippen molar-refractivity contribution in [2.75, 3.05) is 13.7 Å². The molecule has 14 heteroatoms. The fraction of sp³-hybridized carbons (Fsp3) is 1.00. The van der Waals surface area contributed by atoms with Crippen LogP contribution in [0.25, 0.3) is 0 Å². The third kappa shape index (κ3) is 5.34. The lowest BCUT2D eigenvalue weighted by atomic mass is 9.96. The minimum Gasteiger partial charge on any atom is -0.394 e. The molecular weight excluding hydrogens is 452 g/mol. The second-order valence-corrected chi connectivity index (χ2v) is 8.52. The monoisotopic (exact) mass is 486 g/mol. The number of ether oxygens (including phenoxy) is 6. The molecule has 0 bridgehead atoms. The van der Waals surface area contributed by atoms with Crippen molar-refractivity contribution in [2.45, 2.75) is 106 Å². The van der Waals surface area contributed by atoms with Gasteiger partial charge >= 0.3 is 0 Å². The highest BCUT2D eigenvalue weighted by Crippen LogP contribution is 2.32. The minimum atomic E-state index is -1.76. The summed E-state index contributed by atoms with van der Waals surface area (Å²) in [6.45, 7) is 2.30. The first kappa shape index (κ1) is 27.0. The van der Waals surface area contributed by atoms with Crippen LogP contribution in [-0.2, 0) is 28.4 Å². The SMILES string of the molecule is CO[C@@H]1O[C@@H](C)[C@H](O)[C@@H](O[C@@H]2O[C@@H](C)[C@H](O)[C@@H](O[C@H]3O[C@H](CO)[C@@H](O)[C@H](O)[C@H]3O)[C@H]2O)[C@H]1O. The Labute approximate surface area is 189 Å². The summed E-state index contributed by atoms with van der Waals surface area (Å²) < 4.78 is 32.4. The van der Waals surface area contributed by atoms with Gasteiger partial charge in [0.15, 0.2) is 18.9 Å². The van der Waals surface area contributed by atoms with E-state index >= 15 is 0 Å². The van der Waals surface area contributed by atoms with Crippen LogP contribution in [0.15, 0.2) is 0 Å². The van der Waals surface area contributed by atoms with Crippen LogP contribution in [0.5, 0.6) is 0 Å². The van der Waals surface area contributed by atoms with Crippen molar-refractivity contribution >= 4 is 0 Å². The second-order valence-electron chi connectivity index (χ2n) is 8.52. The van der Waals surface area contributed by atoms with E-state index in [4.69, 9.17) is 28.4 Å². The van der Waals surface area contributed by atoms with Crippen molar-refractivity contribution in [3.05, 3.63) is 0 Å². The van der Waals surface area contributed by atoms with Crippen LogP contribution >= 0.6 is 0 Å². The minimum absolute atomic E-state index is 0.690. The summed E-state index contributed by atoms with van der Waals surface area (Å²) in [5.41, 5.74) is 0. The van der Waals surface area contributed by atoms with E-state index < -0.39 is 98.7 Å². The van der Waals surface area contributed by atoms with Gasteiger partial charge in [-0.3, -0.25) is 0 Å². The molecule has 3 aliphatic rings. The molecule has 3 heterocycles. The zero-order valence-electron chi connectivity index (χ0n) is 18.4. The summed E-state index contributed by atoms with van der Waals surface area (Å²) in [6, 6.07) is 0. The van der Waals surface area contributed by atoms with E-state index in [2.05, 4.69) is 0 Å². The van der Waals surface area contributed by atoms with Crippen LogP contribution in [0.4, 0.5) is 0 Å². The largest absolute Gasteiger partial charge is 0.394 e. The van der Waals surface area contributed by atoms with E-state index in [-0.39, 0.29) is 0 Å². The first-order valence-electron chi connectivity index (χ1n) is 10.7. The number of aliphatic hydroxyl groups excluding tert-OH is 8. The maximum absolute atomic E-state index is 10.8. The third-order valence-electron chi connectivity index (χ3n) is 6.23. The molecule has 0 aromatic heterocycles. The molecule has 3 saturated heterocycles. The quantitative estimate of drug-likeness (QED) is 0.177. The van der Waals surface area contributed by atoms with E-state index in [1.54, 1.807) is 0 Å². The molecule has 33 heavy (non-hydrogen) atoms. The van der Waals surface area contributed by atoms with Gasteiger partial charge in [0.05, 0.1) is 18.8 Å². The van der Waals surface area contributed by atoms with E-state index in [1.165, 1.54) is 21.0 Å². The molecule has 8 N–H and O–H groups in total. The lowest BCUT2D eigenvalue weighted by Crippen LogP contribution is -2.65. The van der Waals surface area contributed by atoms with Gasteiger partial charge in [-0.25, -0.2) is 0 Å². The fourth-order valence-corrected chi connectivity index (χ4v) is 4.11. The molecule has 0 aromatic rings. The summed E-state index contributed by atoms with van der Waals surface area (Å²) in [7, 11) is 1.30. The molecule has 0 amide bonds. The van der Waals surface area contributed by atoms with Crippen molar-refractivity contribution < 1.29 is 69.3 Å². The van der Waals surface area contributed by atoms with E-state index in [0.29, 0.717) is 0 Å². The number of aliphatic hydroxyl groups is 8. The lowest BCUT2D eigenvalue weighted by Gasteiger charge is -2.47. The Morgan fingerprint density at radius 1 is 0.576 bits per heavy atom. The first-order valence-corrected chi connectivity index (χ1v) is 10.7. The molecule has 3 rings (SSSR count). The Hall–Kier alpha value is -0.560. The zero-order valence-corrected chi connectivity index (χ0v) is 18.4. The van der Waals surface area contributed by atoms with Crippen LogP contribution in [0, 0.1) is 0 Å². The summed E-state index contributed by atoms with van der Waals surface area (Å²) in [4.78, 5) is 0. The summed E-state index contributed by atoms with van der Waals surface area (Å²) in [6.07, 6.45) is -21.0. The Bertz CT molecular complexity index is 623. The molecule has 3 aliphatic heterocycles. The van der Waals surface area contributed by atoms with Gasteiger partial charge in [-0.2, -0.15) is 0 Å². The average molecular weight is 486 g/mol. The molecule has 3 fully saturated rings. The van der Waals surface area contributed by atoms with Gasteiger partial charge in [0.1, 0.15) is 61.0 Å². The summed E-state index contributed by atoms with van der Waals surface area (Å²) >= 11 is 0. The van der Waals surface area contributed by atoms with Crippen LogP contribution in [0.3, 0.4) is 0 Å². The predicted molar refractivity (Wildman–Crippen MR) is 103 cm³/mol. The zero-order chi connectivity index (χ0) is 24.6. The molecule has 0 unspecified atom stereocenters. The smallest absolute Gasteiger partial charge is 0.187 e. The lowest BCUT2D eigenvalue weighted by molar-refractivity contribution is -0.376. The number of hydrogen-bond acceptors (Lipinski definition) is 14. The standard InChI is InChI=1S/C19H34O14/c1-5-8(21)15(13(26)17(28-3)29-5)33-19-14(27)16(9(22)6(2)30-19)32-18-12(25)11(24)10(23)7(4-20)31-18/h5-27H,4H2,1-3H3/t5-,6-,7+,8-,9-,10+,11-,12+,13+,14+,15+,16+,17+,18+,19-/m0/s1. The maximum atomic E-state index is 10.8. The average Bonchev–Trinajstić information content (AvgIpc) is 2.79. The summed E-state index contributed by atoms with van der Waals surface area (Å²) in [5.74, 6) is 0. The van der Waals surface area contributed by atoms with Crippen molar-refractivity contribution in [3.8, 4) is 0 Å². The maximum Gasteiger partial charge on any atom is 0.187 e. The van der Waals surface area contributed by atoms with Crippen molar-refractivity contribution in [2.24, 2.45) is 0 Å². The van der Waals surface area contributed by atoms with Crippen LogP contribution in [0.1, 0.15) is 13.8 Å². The van der Waals surface area contributed by atoms with Gasteiger partial charge in [0, 0.05) is 7.11 Å². The predicted octanol–water partition coefficient (Wildman–Crippen LogP) is -4.86. The Balaban J connectivity index is 1.75. The van der Waals surface area contributed by atoms with E-state index in [0.717, 1.165) is 0 Å². The highest BCUT2D eigenvalue weighted by Gasteiger charge is 2.52. The fourth-order valence-electron chi connectivity index (χ4n) is 4.11. The molecule has 0 aliphatic carbocycles. The first-order chi connectivity index (χ1) is 15.5. The molecule has 194 valence electrons. The van der Waals surface area contributed by atoms with Crippen molar-refractivity contribution in [1.29, 1.82) is 0 Å². The van der Waals surface area contributed by atoms with Crippen LogP contribution in [-0.4, -0.2) is 147 Å². The molecule has 0 spiro atoms. The van der Waals surface area contributed by atoms with Crippen LogP contribution < -0.4 is 0 Å². The molecule has 14 nitrogen and oxygen atoms in total. The molecule has 0 saturated carbocycles. The van der Waals surface area contributed by atoms with Crippen molar-refractivity contribution in [3.63, 3.8) is 0 Å². The van der Waals surface area contributed by atoms with Gasteiger partial charge in [0.25, 0.3) is 0 Å². The van der Waals surface area contributed by atoms with Gasteiger partial charge in [-0.1, -0.05) is 0 Å². The van der Waals surface area contributed by atoms with Gasteiger partial charge in [-0.05, 0) is 13.8 Å². The molecule has 15 atom stereocenters. The van der Waals surface area contributed by atoms with Crippen LogP contribution in [0.2, 0.25) is 0 Å². The van der Waals surface area contributed by atoms with Gasteiger partial charge in [0.2, 0.25) is 0 Å². The Kier molecular flexibility index (Phi) is 9.02. The normalized spacial score (nSPS) is 53.7. The number of hydrogen-bond donors (Lipinski definition) is 8. The topological polar surface area (TPSA) is 217 Å². The number of rotatable bonds is 6. The van der Waals surface area contributed by atoms with Gasteiger partial charge < -0.3 is 69.3 Å². The molecule has 0 radical (unpaired) electrons.